The van der Waals surface area contributed by atoms with Crippen LogP contribution in [0.2, 0.25) is 0 Å². The van der Waals surface area contributed by atoms with Gasteiger partial charge in [0.05, 0.1) is 10.1 Å². The summed E-state index contributed by atoms with van der Waals surface area (Å²) in [6, 6.07) is 11.9. The van der Waals surface area contributed by atoms with Crippen molar-refractivity contribution in [2.45, 2.75) is 28.6 Å². The molecule has 3 N–H and O–H groups in total. The Labute approximate surface area is 161 Å². The Morgan fingerprint density at radius 2 is 1.96 bits per heavy atom. The second-order valence-electron chi connectivity index (χ2n) is 5.90. The first-order valence-corrected chi connectivity index (χ1v) is 10.6. The number of thioether (sulfide) groups is 1. The Balaban J connectivity index is 1.51. The summed E-state index contributed by atoms with van der Waals surface area (Å²) >= 11 is 1.34. The minimum absolute atomic E-state index is 0.0702. The highest BCUT2D eigenvalue weighted by molar-refractivity contribution is 8.00. The third kappa shape index (κ3) is 4.85. The number of nitrogens with zero attached hydrogens (tertiary/aromatic N) is 3. The Kier molecular flexibility index (Phi) is 5.78. The topological polar surface area (TPSA) is 119 Å². The lowest BCUT2D eigenvalue weighted by atomic mass is 10.1. The lowest BCUT2D eigenvalue weighted by Crippen LogP contribution is -2.32. The summed E-state index contributed by atoms with van der Waals surface area (Å²) in [6.07, 6.45) is 2.44. The standard InChI is InChI=1S/C17H19N5O3S2/c1-12(26-17-21-20-15-4-2-3-11-22(15)17)16(23)19-10-9-13-5-7-14(8-6-13)27(18,24)25/h2-8,11-12H,9-10H2,1H3,(H,19,23)(H2,18,24,25)/t12-/m1/s1. The number of nitrogens with two attached hydrogens (primary N) is 1. The molecule has 3 aromatic rings. The molecule has 2 heterocycles. The number of aromatic nitrogens is 3. The fourth-order valence-corrected chi connectivity index (χ4v) is 3.81. The number of pyridine rings is 1. The molecule has 0 radical (unpaired) electrons. The first-order valence-electron chi connectivity index (χ1n) is 8.20. The molecule has 0 aliphatic heterocycles. The molecule has 2 aromatic heterocycles. The highest BCUT2D eigenvalue weighted by Gasteiger charge is 2.17. The van der Waals surface area contributed by atoms with Crippen LogP contribution < -0.4 is 10.5 Å². The molecular weight excluding hydrogens is 386 g/mol. The van der Waals surface area contributed by atoms with Crippen LogP contribution in [-0.4, -0.2) is 40.7 Å². The number of primary sulfonamides is 1. The maximum absolute atomic E-state index is 12.3. The van der Waals surface area contributed by atoms with Gasteiger partial charge in [-0.1, -0.05) is 30.0 Å². The molecule has 27 heavy (non-hydrogen) atoms. The van der Waals surface area contributed by atoms with Gasteiger partial charge in [-0.3, -0.25) is 9.20 Å². The summed E-state index contributed by atoms with van der Waals surface area (Å²) in [5.41, 5.74) is 1.64. The minimum Gasteiger partial charge on any atom is -0.355 e. The molecule has 0 saturated heterocycles. The summed E-state index contributed by atoms with van der Waals surface area (Å²) in [7, 11) is -3.69. The number of carbonyl (C=O) groups excluding carboxylic acids is 1. The van der Waals surface area contributed by atoms with Crippen LogP contribution in [0.15, 0.2) is 58.7 Å². The van der Waals surface area contributed by atoms with Crippen LogP contribution in [0.5, 0.6) is 0 Å². The van der Waals surface area contributed by atoms with Crippen LogP contribution in [0.3, 0.4) is 0 Å². The summed E-state index contributed by atoms with van der Waals surface area (Å²) < 4.78 is 24.3. The summed E-state index contributed by atoms with van der Waals surface area (Å²) in [4.78, 5) is 12.4. The molecule has 0 spiro atoms. The largest absolute Gasteiger partial charge is 0.355 e. The lowest BCUT2D eigenvalue weighted by Gasteiger charge is -2.11. The lowest BCUT2D eigenvalue weighted by molar-refractivity contribution is -0.120. The van der Waals surface area contributed by atoms with E-state index in [1.807, 2.05) is 35.7 Å². The summed E-state index contributed by atoms with van der Waals surface area (Å²) in [5, 5.41) is 16.5. The molecule has 8 nitrogen and oxygen atoms in total. The van der Waals surface area contributed by atoms with Crippen molar-refractivity contribution in [3.05, 3.63) is 54.2 Å². The number of hydrogen-bond donors (Lipinski definition) is 2. The highest BCUT2D eigenvalue weighted by atomic mass is 32.2. The maximum Gasteiger partial charge on any atom is 0.238 e. The molecule has 0 fully saturated rings. The SMILES string of the molecule is C[C@@H](Sc1nnc2ccccn12)C(=O)NCCc1ccc(S(N)(=O)=O)cc1. The minimum atomic E-state index is -3.69. The van der Waals surface area contributed by atoms with Crippen molar-refractivity contribution in [3.8, 4) is 0 Å². The number of sulfonamides is 1. The average molecular weight is 406 g/mol. The molecule has 0 saturated carbocycles. The van der Waals surface area contributed by atoms with Crippen LogP contribution in [0.4, 0.5) is 0 Å². The van der Waals surface area contributed by atoms with E-state index in [1.54, 1.807) is 12.1 Å². The van der Waals surface area contributed by atoms with Crippen LogP contribution in [0.25, 0.3) is 5.65 Å². The highest BCUT2D eigenvalue weighted by Crippen LogP contribution is 2.21. The molecule has 0 aliphatic carbocycles. The van der Waals surface area contributed by atoms with Gasteiger partial charge in [-0.05, 0) is 43.2 Å². The van der Waals surface area contributed by atoms with Crippen molar-refractivity contribution in [1.29, 1.82) is 0 Å². The number of fused-ring (bicyclic) bond motifs is 1. The third-order valence-corrected chi connectivity index (χ3v) is 5.88. The number of hydrogen-bond acceptors (Lipinski definition) is 6. The van der Waals surface area contributed by atoms with Crippen LogP contribution in [0.1, 0.15) is 12.5 Å². The Hall–Kier alpha value is -2.43. The molecule has 10 heteroatoms. The summed E-state index contributed by atoms with van der Waals surface area (Å²) in [6.45, 7) is 2.25. The number of amides is 1. The molecule has 3 rings (SSSR count). The number of benzene rings is 1. The molecule has 0 bridgehead atoms. The van der Waals surface area contributed by atoms with Gasteiger partial charge in [0.1, 0.15) is 0 Å². The Morgan fingerprint density at radius 1 is 1.22 bits per heavy atom. The van der Waals surface area contributed by atoms with Gasteiger partial charge in [-0.25, -0.2) is 13.6 Å². The van der Waals surface area contributed by atoms with Gasteiger partial charge in [-0.15, -0.1) is 10.2 Å². The predicted molar refractivity (Wildman–Crippen MR) is 103 cm³/mol. The molecule has 0 unspecified atom stereocenters. The van der Waals surface area contributed by atoms with E-state index in [-0.39, 0.29) is 16.1 Å². The van der Waals surface area contributed by atoms with E-state index < -0.39 is 10.0 Å². The van der Waals surface area contributed by atoms with Crippen molar-refractivity contribution < 1.29 is 13.2 Å². The van der Waals surface area contributed by atoms with E-state index in [0.29, 0.717) is 18.1 Å². The molecule has 1 amide bonds. The smallest absolute Gasteiger partial charge is 0.238 e. The number of rotatable bonds is 7. The first-order chi connectivity index (χ1) is 12.8. The predicted octanol–water partition coefficient (Wildman–Crippen LogP) is 1.22. The fraction of sp³-hybridized carbons (Fsp3) is 0.235. The van der Waals surface area contributed by atoms with Crippen molar-refractivity contribution in [2.24, 2.45) is 5.14 Å². The van der Waals surface area contributed by atoms with Crippen molar-refractivity contribution in [3.63, 3.8) is 0 Å². The second kappa shape index (κ2) is 8.07. The fourth-order valence-electron chi connectivity index (χ4n) is 2.43. The van der Waals surface area contributed by atoms with Gasteiger partial charge in [0, 0.05) is 12.7 Å². The molecule has 1 aromatic carbocycles. The van der Waals surface area contributed by atoms with Gasteiger partial charge >= 0.3 is 0 Å². The van der Waals surface area contributed by atoms with Crippen LogP contribution in [0, 0.1) is 0 Å². The normalized spacial score (nSPS) is 12.8. The van der Waals surface area contributed by atoms with E-state index in [1.165, 1.54) is 23.9 Å². The number of nitrogens with one attached hydrogen (secondary N) is 1. The average Bonchev–Trinajstić information content (AvgIpc) is 3.04. The van der Waals surface area contributed by atoms with Gasteiger partial charge < -0.3 is 5.32 Å². The van der Waals surface area contributed by atoms with E-state index in [9.17, 15) is 13.2 Å². The monoisotopic (exact) mass is 405 g/mol. The van der Waals surface area contributed by atoms with E-state index in [4.69, 9.17) is 5.14 Å². The van der Waals surface area contributed by atoms with E-state index in [2.05, 4.69) is 15.5 Å². The Morgan fingerprint density at radius 3 is 2.67 bits per heavy atom. The zero-order valence-corrected chi connectivity index (χ0v) is 16.2. The van der Waals surface area contributed by atoms with E-state index in [0.717, 1.165) is 11.2 Å². The first kappa shape index (κ1) is 19.3. The third-order valence-electron chi connectivity index (χ3n) is 3.90. The Bertz CT molecular complexity index is 1050. The summed E-state index contributed by atoms with van der Waals surface area (Å²) in [5.74, 6) is -0.103. The van der Waals surface area contributed by atoms with Crippen molar-refractivity contribution in [2.75, 3.05) is 6.54 Å². The number of carbonyl (C=O) groups is 1. The zero-order valence-electron chi connectivity index (χ0n) is 14.6. The van der Waals surface area contributed by atoms with Gasteiger partial charge in [0.2, 0.25) is 15.9 Å². The second-order valence-corrected chi connectivity index (χ2v) is 8.77. The quantitative estimate of drug-likeness (QED) is 0.570. The van der Waals surface area contributed by atoms with Crippen molar-refractivity contribution in [1.82, 2.24) is 19.9 Å². The maximum atomic E-state index is 12.3. The van der Waals surface area contributed by atoms with Crippen LogP contribution in [-0.2, 0) is 21.2 Å². The molecule has 142 valence electrons. The van der Waals surface area contributed by atoms with Crippen LogP contribution >= 0.6 is 11.8 Å². The molecule has 0 aliphatic rings. The van der Waals surface area contributed by atoms with Gasteiger partial charge in [-0.2, -0.15) is 0 Å². The molecule has 1 atom stereocenters. The van der Waals surface area contributed by atoms with Crippen molar-refractivity contribution >= 4 is 33.3 Å². The molecular formula is C17H19N5O3S2. The van der Waals surface area contributed by atoms with Gasteiger partial charge in [0.15, 0.2) is 10.8 Å². The van der Waals surface area contributed by atoms with E-state index >= 15 is 0 Å². The zero-order chi connectivity index (χ0) is 19.4. The van der Waals surface area contributed by atoms with Gasteiger partial charge in [0.25, 0.3) is 0 Å².